The van der Waals surface area contributed by atoms with Gasteiger partial charge in [0.25, 0.3) is 0 Å². The van der Waals surface area contributed by atoms with Crippen molar-refractivity contribution in [1.29, 1.82) is 0 Å². The van der Waals surface area contributed by atoms with Gasteiger partial charge in [0.15, 0.2) is 0 Å². The lowest BCUT2D eigenvalue weighted by molar-refractivity contribution is 0.728. The second-order valence-corrected chi connectivity index (χ2v) is 5.03. The third-order valence-corrected chi connectivity index (χ3v) is 3.31. The molecule has 0 aliphatic carbocycles. The van der Waals surface area contributed by atoms with Crippen LogP contribution < -0.4 is 5.32 Å². The third-order valence-electron chi connectivity index (χ3n) is 2.78. The number of rotatable bonds is 2. The van der Waals surface area contributed by atoms with Crippen LogP contribution in [0, 0.1) is 0 Å². The first-order valence-corrected chi connectivity index (χ1v) is 6.65. The Morgan fingerprint density at radius 1 is 1.12 bits per heavy atom. The molecule has 3 heteroatoms. The van der Waals surface area contributed by atoms with Crippen LogP contribution in [0.15, 0.2) is 33.7 Å². The van der Waals surface area contributed by atoms with Gasteiger partial charge < -0.3 is 5.32 Å². The maximum atomic E-state index is 4.55. The predicted octanol–water partition coefficient (Wildman–Crippen LogP) is 3.51. The molecule has 0 unspecified atom stereocenters. The van der Waals surface area contributed by atoms with Crippen LogP contribution in [0.3, 0.4) is 0 Å². The number of aliphatic imine (C=N–C) groups is 1. The van der Waals surface area contributed by atoms with E-state index in [9.17, 15) is 0 Å². The van der Waals surface area contributed by atoms with Gasteiger partial charge in [-0.3, -0.25) is 4.99 Å². The number of hydrogen-bond donors (Lipinski definition) is 1. The molecule has 16 heavy (non-hydrogen) atoms. The van der Waals surface area contributed by atoms with Crippen molar-refractivity contribution in [3.8, 4) is 0 Å². The summed E-state index contributed by atoms with van der Waals surface area (Å²) in [6, 6.07) is 8.42. The summed E-state index contributed by atoms with van der Waals surface area (Å²) in [7, 11) is 0. The monoisotopic (exact) mass is 280 g/mol. The van der Waals surface area contributed by atoms with Crippen LogP contribution in [0.4, 0.5) is 0 Å². The molecule has 0 radical (unpaired) electrons. The molecule has 1 aliphatic heterocycles. The van der Waals surface area contributed by atoms with Crippen molar-refractivity contribution in [1.82, 2.24) is 5.32 Å². The zero-order chi connectivity index (χ0) is 11.2. The molecular formula is C13H17BrN2. The standard InChI is InChI=1S/C13H17BrN2/c14-12-7-5-11(6-8-12)10-16-13-4-2-1-3-9-15-13/h5-8H,1-4,9-10H2,(H,15,16). The minimum Gasteiger partial charge on any atom is -0.370 e. The summed E-state index contributed by atoms with van der Waals surface area (Å²) in [6.07, 6.45) is 4.93. The highest BCUT2D eigenvalue weighted by Crippen LogP contribution is 2.11. The van der Waals surface area contributed by atoms with E-state index in [1.54, 1.807) is 0 Å². The Kier molecular flexibility index (Phi) is 4.40. The smallest absolute Gasteiger partial charge is 0.0965 e. The topological polar surface area (TPSA) is 24.4 Å². The second-order valence-electron chi connectivity index (χ2n) is 4.12. The van der Waals surface area contributed by atoms with Crippen LogP contribution in [0.5, 0.6) is 0 Å². The molecule has 0 spiro atoms. The molecule has 0 saturated carbocycles. The molecule has 2 nitrogen and oxygen atoms in total. The van der Waals surface area contributed by atoms with Crippen LogP contribution in [0.25, 0.3) is 0 Å². The summed E-state index contributed by atoms with van der Waals surface area (Å²) in [5.41, 5.74) is 1.30. The summed E-state index contributed by atoms with van der Waals surface area (Å²) < 4.78 is 1.13. The van der Waals surface area contributed by atoms with Gasteiger partial charge in [0, 0.05) is 24.0 Å². The number of benzene rings is 1. The molecule has 1 aromatic rings. The normalized spacial score (nSPS) is 16.4. The van der Waals surface area contributed by atoms with Gasteiger partial charge in [0.2, 0.25) is 0 Å². The van der Waals surface area contributed by atoms with Crippen molar-refractivity contribution in [2.75, 3.05) is 6.54 Å². The van der Waals surface area contributed by atoms with Crippen LogP contribution in [0.1, 0.15) is 31.2 Å². The van der Waals surface area contributed by atoms with Crippen LogP contribution >= 0.6 is 15.9 Å². The van der Waals surface area contributed by atoms with Gasteiger partial charge in [-0.05, 0) is 30.5 Å². The van der Waals surface area contributed by atoms with Gasteiger partial charge in [-0.2, -0.15) is 0 Å². The lowest BCUT2D eigenvalue weighted by atomic mass is 10.2. The summed E-state index contributed by atoms with van der Waals surface area (Å²) in [6.45, 7) is 1.87. The maximum absolute atomic E-state index is 4.55. The largest absolute Gasteiger partial charge is 0.370 e. The fourth-order valence-electron chi connectivity index (χ4n) is 1.82. The van der Waals surface area contributed by atoms with E-state index in [1.165, 1.54) is 30.7 Å². The van der Waals surface area contributed by atoms with Crippen molar-refractivity contribution in [3.63, 3.8) is 0 Å². The SMILES string of the molecule is Brc1ccc(CNC2=NCCCCC2)cc1. The molecule has 0 amide bonds. The summed E-state index contributed by atoms with van der Waals surface area (Å²) in [5.74, 6) is 1.18. The van der Waals surface area contributed by atoms with Gasteiger partial charge in [0.05, 0.1) is 5.84 Å². The van der Waals surface area contributed by atoms with Crippen molar-refractivity contribution in [3.05, 3.63) is 34.3 Å². The Morgan fingerprint density at radius 2 is 1.94 bits per heavy atom. The fourth-order valence-corrected chi connectivity index (χ4v) is 2.09. The summed E-state index contributed by atoms with van der Waals surface area (Å²) >= 11 is 3.44. The number of hydrogen-bond acceptors (Lipinski definition) is 2. The minimum atomic E-state index is 0.881. The first-order chi connectivity index (χ1) is 7.84. The maximum Gasteiger partial charge on any atom is 0.0965 e. The van der Waals surface area contributed by atoms with E-state index in [0.717, 1.165) is 24.0 Å². The molecular weight excluding hydrogens is 264 g/mol. The fraction of sp³-hybridized carbons (Fsp3) is 0.462. The van der Waals surface area contributed by atoms with Crippen molar-refractivity contribution < 1.29 is 0 Å². The van der Waals surface area contributed by atoms with Crippen LogP contribution in [-0.4, -0.2) is 12.4 Å². The Bertz CT molecular complexity index is 357. The molecule has 86 valence electrons. The van der Waals surface area contributed by atoms with E-state index < -0.39 is 0 Å². The number of nitrogens with zero attached hydrogens (tertiary/aromatic N) is 1. The van der Waals surface area contributed by atoms with E-state index in [2.05, 4.69) is 50.5 Å². The van der Waals surface area contributed by atoms with E-state index >= 15 is 0 Å². The summed E-state index contributed by atoms with van der Waals surface area (Å²) in [5, 5.41) is 3.43. The molecule has 2 rings (SSSR count). The molecule has 1 aromatic carbocycles. The van der Waals surface area contributed by atoms with Crippen LogP contribution in [0.2, 0.25) is 0 Å². The van der Waals surface area contributed by atoms with Gasteiger partial charge in [-0.1, -0.05) is 34.5 Å². The second kappa shape index (κ2) is 6.04. The molecule has 0 aromatic heterocycles. The highest BCUT2D eigenvalue weighted by atomic mass is 79.9. The van der Waals surface area contributed by atoms with Crippen molar-refractivity contribution >= 4 is 21.8 Å². The highest BCUT2D eigenvalue weighted by molar-refractivity contribution is 9.10. The molecule has 0 saturated heterocycles. The number of halogens is 1. The number of nitrogens with one attached hydrogen (secondary N) is 1. The molecule has 1 heterocycles. The average molecular weight is 281 g/mol. The van der Waals surface area contributed by atoms with E-state index in [0.29, 0.717) is 0 Å². The molecule has 0 bridgehead atoms. The first kappa shape index (κ1) is 11.6. The lowest BCUT2D eigenvalue weighted by Gasteiger charge is -2.08. The average Bonchev–Trinajstić information content (AvgIpc) is 2.57. The Morgan fingerprint density at radius 3 is 2.75 bits per heavy atom. The Balaban J connectivity index is 1.86. The first-order valence-electron chi connectivity index (χ1n) is 5.86. The number of amidine groups is 1. The van der Waals surface area contributed by atoms with Gasteiger partial charge in [0.1, 0.15) is 0 Å². The Hall–Kier alpha value is -0.830. The molecule has 0 atom stereocenters. The minimum absolute atomic E-state index is 0.881. The zero-order valence-electron chi connectivity index (χ0n) is 9.38. The summed E-state index contributed by atoms with van der Waals surface area (Å²) in [4.78, 5) is 4.55. The molecule has 1 aliphatic rings. The van der Waals surface area contributed by atoms with E-state index in [4.69, 9.17) is 0 Å². The van der Waals surface area contributed by atoms with E-state index in [1.807, 2.05) is 0 Å². The van der Waals surface area contributed by atoms with Crippen molar-refractivity contribution in [2.24, 2.45) is 4.99 Å². The lowest BCUT2D eigenvalue weighted by Crippen LogP contribution is -2.22. The third kappa shape index (κ3) is 3.63. The highest BCUT2D eigenvalue weighted by Gasteiger charge is 2.03. The van der Waals surface area contributed by atoms with Crippen molar-refractivity contribution in [2.45, 2.75) is 32.2 Å². The predicted molar refractivity (Wildman–Crippen MR) is 71.8 cm³/mol. The van der Waals surface area contributed by atoms with Gasteiger partial charge in [-0.15, -0.1) is 0 Å². The van der Waals surface area contributed by atoms with Gasteiger partial charge in [-0.25, -0.2) is 0 Å². The Labute approximate surface area is 105 Å². The zero-order valence-corrected chi connectivity index (χ0v) is 11.0. The van der Waals surface area contributed by atoms with Gasteiger partial charge >= 0.3 is 0 Å². The van der Waals surface area contributed by atoms with E-state index in [-0.39, 0.29) is 0 Å². The van der Waals surface area contributed by atoms with Crippen LogP contribution in [-0.2, 0) is 6.54 Å². The molecule has 1 N–H and O–H groups in total. The molecule has 0 fully saturated rings. The quantitative estimate of drug-likeness (QED) is 0.881.